The maximum atomic E-state index is 11.9. The normalized spacial score (nSPS) is 21.0. The Hall–Kier alpha value is -1.07. The molecular weight excluding hydrogens is 284 g/mol. The van der Waals surface area contributed by atoms with Gasteiger partial charge in [-0.3, -0.25) is 0 Å². The summed E-state index contributed by atoms with van der Waals surface area (Å²) >= 11 is 1.82. The van der Waals surface area contributed by atoms with Crippen LogP contribution < -0.4 is 5.32 Å². The molecule has 0 spiro atoms. The summed E-state index contributed by atoms with van der Waals surface area (Å²) in [4.78, 5) is 15.1. The second kappa shape index (κ2) is 5.61. The topological polar surface area (TPSA) is 41.6 Å². The molecule has 0 aromatic carbocycles. The molecular formula is C16H24N2O2S. The lowest BCUT2D eigenvalue weighted by atomic mass is 10.1. The second-order valence-corrected chi connectivity index (χ2v) is 8.06. The Morgan fingerprint density at radius 3 is 2.67 bits per heavy atom. The average molecular weight is 308 g/mol. The van der Waals surface area contributed by atoms with Crippen LogP contribution in [0, 0.1) is 5.92 Å². The maximum Gasteiger partial charge on any atom is 0.410 e. The van der Waals surface area contributed by atoms with Gasteiger partial charge in [-0.05, 0) is 51.0 Å². The van der Waals surface area contributed by atoms with Gasteiger partial charge in [-0.25, -0.2) is 4.79 Å². The number of carbonyl (C=O) groups is 1. The lowest BCUT2D eigenvalue weighted by Gasteiger charge is -2.41. The molecule has 116 valence electrons. The van der Waals surface area contributed by atoms with Crippen molar-refractivity contribution in [2.45, 2.75) is 51.3 Å². The molecule has 0 radical (unpaired) electrons. The molecule has 1 N–H and O–H groups in total. The fraction of sp³-hybridized carbons (Fsp3) is 0.688. The van der Waals surface area contributed by atoms with Gasteiger partial charge in [-0.15, -0.1) is 11.3 Å². The fourth-order valence-corrected chi connectivity index (χ4v) is 3.54. The minimum atomic E-state index is -0.414. The van der Waals surface area contributed by atoms with Crippen LogP contribution in [-0.2, 0) is 4.74 Å². The smallest absolute Gasteiger partial charge is 0.410 e. The number of amides is 1. The minimum absolute atomic E-state index is 0.195. The molecule has 3 rings (SSSR count). The van der Waals surface area contributed by atoms with Gasteiger partial charge in [-0.2, -0.15) is 0 Å². The SMILES string of the molecule is CC(C)(C)OC(=O)N1CC(NC(c2cccs2)C2CC2)C1. The predicted octanol–water partition coefficient (Wildman–Crippen LogP) is 3.41. The number of nitrogens with one attached hydrogen (secondary N) is 1. The van der Waals surface area contributed by atoms with E-state index in [4.69, 9.17) is 4.74 Å². The van der Waals surface area contributed by atoms with Gasteiger partial charge in [0.15, 0.2) is 0 Å². The van der Waals surface area contributed by atoms with Gasteiger partial charge in [0.1, 0.15) is 5.60 Å². The van der Waals surface area contributed by atoms with Crippen molar-refractivity contribution >= 4 is 17.4 Å². The van der Waals surface area contributed by atoms with Crippen LogP contribution in [0.3, 0.4) is 0 Å². The summed E-state index contributed by atoms with van der Waals surface area (Å²) in [6.07, 6.45) is 2.44. The molecule has 1 aromatic rings. The highest BCUT2D eigenvalue weighted by molar-refractivity contribution is 7.10. The largest absolute Gasteiger partial charge is 0.444 e. The zero-order valence-electron chi connectivity index (χ0n) is 13.0. The molecule has 4 nitrogen and oxygen atoms in total. The van der Waals surface area contributed by atoms with Crippen molar-refractivity contribution in [3.63, 3.8) is 0 Å². The van der Waals surface area contributed by atoms with E-state index in [-0.39, 0.29) is 6.09 Å². The van der Waals surface area contributed by atoms with Gasteiger partial charge < -0.3 is 15.0 Å². The van der Waals surface area contributed by atoms with Crippen LogP contribution in [0.5, 0.6) is 0 Å². The summed E-state index contributed by atoms with van der Waals surface area (Å²) < 4.78 is 5.39. The molecule has 2 fully saturated rings. The molecule has 1 saturated heterocycles. The van der Waals surface area contributed by atoms with E-state index < -0.39 is 5.60 Å². The van der Waals surface area contributed by atoms with Crippen molar-refractivity contribution in [2.75, 3.05) is 13.1 Å². The third-order valence-corrected chi connectivity index (χ3v) is 4.85. The molecule has 1 aliphatic carbocycles. The first-order chi connectivity index (χ1) is 9.92. The lowest BCUT2D eigenvalue weighted by Crippen LogP contribution is -2.61. The number of carbonyl (C=O) groups excluding carboxylic acids is 1. The molecule has 1 amide bonds. The summed E-state index contributed by atoms with van der Waals surface area (Å²) in [6.45, 7) is 7.22. The average Bonchev–Trinajstić information content (AvgIpc) is 3.00. The number of likely N-dealkylation sites (tertiary alicyclic amines) is 1. The Morgan fingerprint density at radius 1 is 1.43 bits per heavy atom. The van der Waals surface area contributed by atoms with E-state index in [2.05, 4.69) is 22.8 Å². The third kappa shape index (κ3) is 3.77. The van der Waals surface area contributed by atoms with Gasteiger partial charge in [0.2, 0.25) is 0 Å². The predicted molar refractivity (Wildman–Crippen MR) is 84.5 cm³/mol. The Morgan fingerprint density at radius 2 is 2.14 bits per heavy atom. The van der Waals surface area contributed by atoms with E-state index in [0.29, 0.717) is 12.1 Å². The molecule has 0 bridgehead atoms. The summed E-state index contributed by atoms with van der Waals surface area (Å²) in [6, 6.07) is 5.19. The Kier molecular flexibility index (Phi) is 3.97. The Balaban J connectivity index is 1.49. The van der Waals surface area contributed by atoms with E-state index in [1.54, 1.807) is 4.90 Å². The van der Waals surface area contributed by atoms with Crippen molar-refractivity contribution in [2.24, 2.45) is 5.92 Å². The van der Waals surface area contributed by atoms with Crippen LogP contribution in [0.1, 0.15) is 44.5 Å². The molecule has 2 aliphatic rings. The number of rotatable bonds is 4. The van der Waals surface area contributed by atoms with Crippen LogP contribution in [0.2, 0.25) is 0 Å². The summed E-state index contributed by atoms with van der Waals surface area (Å²) in [5, 5.41) is 5.87. The Labute approximate surface area is 130 Å². The summed E-state index contributed by atoms with van der Waals surface area (Å²) in [7, 11) is 0. The van der Waals surface area contributed by atoms with Crippen molar-refractivity contribution in [3.05, 3.63) is 22.4 Å². The zero-order chi connectivity index (χ0) is 15.0. The number of hydrogen-bond acceptors (Lipinski definition) is 4. The number of ether oxygens (including phenoxy) is 1. The van der Waals surface area contributed by atoms with E-state index in [0.717, 1.165) is 19.0 Å². The van der Waals surface area contributed by atoms with E-state index in [1.165, 1.54) is 17.7 Å². The third-order valence-electron chi connectivity index (χ3n) is 3.89. The Bertz CT molecular complexity index is 485. The lowest BCUT2D eigenvalue weighted by molar-refractivity contribution is 0.00389. The zero-order valence-corrected chi connectivity index (χ0v) is 13.8. The van der Waals surface area contributed by atoms with Gasteiger partial charge in [0.05, 0.1) is 0 Å². The van der Waals surface area contributed by atoms with E-state index in [9.17, 15) is 4.79 Å². The molecule has 21 heavy (non-hydrogen) atoms. The molecule has 2 heterocycles. The minimum Gasteiger partial charge on any atom is -0.444 e. The number of nitrogens with zero attached hydrogens (tertiary/aromatic N) is 1. The molecule has 1 saturated carbocycles. The van der Waals surface area contributed by atoms with Crippen LogP contribution in [0.4, 0.5) is 4.79 Å². The highest BCUT2D eigenvalue weighted by Gasteiger charge is 2.39. The van der Waals surface area contributed by atoms with Crippen molar-refractivity contribution in [3.8, 4) is 0 Å². The van der Waals surface area contributed by atoms with E-state index in [1.807, 2.05) is 32.1 Å². The molecule has 1 aromatic heterocycles. The first kappa shape index (κ1) is 14.9. The molecule has 1 atom stereocenters. The maximum absolute atomic E-state index is 11.9. The standard InChI is InChI=1S/C16H24N2O2S/c1-16(2,3)20-15(19)18-9-12(10-18)17-14(11-6-7-11)13-5-4-8-21-13/h4-5,8,11-12,14,17H,6-7,9-10H2,1-3H3. The van der Waals surface area contributed by atoms with Gasteiger partial charge in [0, 0.05) is 30.1 Å². The van der Waals surface area contributed by atoms with Crippen LogP contribution in [0.25, 0.3) is 0 Å². The van der Waals surface area contributed by atoms with Crippen molar-refractivity contribution < 1.29 is 9.53 Å². The monoisotopic (exact) mass is 308 g/mol. The van der Waals surface area contributed by atoms with Gasteiger partial charge in [-0.1, -0.05) is 6.07 Å². The van der Waals surface area contributed by atoms with Gasteiger partial charge in [0.25, 0.3) is 0 Å². The first-order valence-corrected chi connectivity index (χ1v) is 8.58. The summed E-state index contributed by atoms with van der Waals surface area (Å²) in [5.74, 6) is 0.777. The van der Waals surface area contributed by atoms with Crippen molar-refractivity contribution in [1.82, 2.24) is 10.2 Å². The van der Waals surface area contributed by atoms with Crippen molar-refractivity contribution in [1.29, 1.82) is 0 Å². The highest BCUT2D eigenvalue weighted by Crippen LogP contribution is 2.42. The number of thiophene rings is 1. The first-order valence-electron chi connectivity index (χ1n) is 7.70. The molecule has 1 unspecified atom stereocenters. The quantitative estimate of drug-likeness (QED) is 0.927. The van der Waals surface area contributed by atoms with Crippen LogP contribution in [-0.4, -0.2) is 35.7 Å². The second-order valence-electron chi connectivity index (χ2n) is 7.08. The number of hydrogen-bond donors (Lipinski definition) is 1. The molecule has 5 heteroatoms. The van der Waals surface area contributed by atoms with Gasteiger partial charge >= 0.3 is 6.09 Å². The summed E-state index contributed by atoms with van der Waals surface area (Å²) in [5.41, 5.74) is -0.414. The fourth-order valence-electron chi connectivity index (χ4n) is 2.66. The van der Waals surface area contributed by atoms with Crippen LogP contribution >= 0.6 is 11.3 Å². The van der Waals surface area contributed by atoms with E-state index >= 15 is 0 Å². The molecule has 1 aliphatic heterocycles. The highest BCUT2D eigenvalue weighted by atomic mass is 32.1. The van der Waals surface area contributed by atoms with Crippen LogP contribution in [0.15, 0.2) is 17.5 Å².